The number of carbonyl (C=O) groups excluding carboxylic acids is 2. The lowest BCUT2D eigenvalue weighted by atomic mass is 10.0. The highest BCUT2D eigenvalue weighted by atomic mass is 16.2. The average molecular weight is 312 g/mol. The van der Waals surface area contributed by atoms with E-state index in [-0.39, 0.29) is 23.9 Å². The van der Waals surface area contributed by atoms with Crippen molar-refractivity contribution >= 4 is 17.5 Å². The van der Waals surface area contributed by atoms with Gasteiger partial charge in [-0.25, -0.2) is 0 Å². The molecule has 2 atom stereocenters. The van der Waals surface area contributed by atoms with Crippen LogP contribution in [0, 0.1) is 12.8 Å². The van der Waals surface area contributed by atoms with Crippen LogP contribution < -0.4 is 4.90 Å². The number of carbonyl (C=O) groups is 2. The van der Waals surface area contributed by atoms with Gasteiger partial charge in [-0.05, 0) is 49.8 Å². The van der Waals surface area contributed by atoms with E-state index in [0.717, 1.165) is 17.7 Å². The van der Waals surface area contributed by atoms with Gasteiger partial charge in [0.25, 0.3) is 0 Å². The lowest BCUT2D eigenvalue weighted by Gasteiger charge is -2.34. The van der Waals surface area contributed by atoms with Gasteiger partial charge >= 0.3 is 0 Å². The molecule has 1 aliphatic carbocycles. The summed E-state index contributed by atoms with van der Waals surface area (Å²) in [5.74, 6) is 0.845. The second kappa shape index (κ2) is 5.66. The minimum atomic E-state index is -0.227. The molecule has 3 aliphatic rings. The number of piperazine rings is 1. The van der Waals surface area contributed by atoms with Crippen LogP contribution in [0.1, 0.15) is 44.1 Å². The normalized spacial score (nSPS) is 27.3. The Morgan fingerprint density at radius 2 is 2.04 bits per heavy atom. The van der Waals surface area contributed by atoms with Crippen molar-refractivity contribution < 1.29 is 9.59 Å². The maximum absolute atomic E-state index is 12.8. The van der Waals surface area contributed by atoms with Gasteiger partial charge in [-0.3, -0.25) is 9.59 Å². The van der Waals surface area contributed by atoms with E-state index in [1.807, 2.05) is 34.9 Å². The van der Waals surface area contributed by atoms with Crippen LogP contribution in [-0.4, -0.2) is 35.3 Å². The Hall–Kier alpha value is -1.84. The molecule has 122 valence electrons. The van der Waals surface area contributed by atoms with Gasteiger partial charge in [0.2, 0.25) is 11.8 Å². The number of nitrogens with zero attached hydrogens (tertiary/aromatic N) is 2. The molecule has 1 aromatic carbocycles. The molecule has 0 aromatic heterocycles. The van der Waals surface area contributed by atoms with Gasteiger partial charge in [-0.15, -0.1) is 0 Å². The van der Waals surface area contributed by atoms with Crippen molar-refractivity contribution in [3.8, 4) is 0 Å². The number of amides is 2. The van der Waals surface area contributed by atoms with Crippen LogP contribution in [0.4, 0.5) is 5.69 Å². The molecular weight excluding hydrogens is 288 g/mol. The molecule has 0 unspecified atom stereocenters. The van der Waals surface area contributed by atoms with Gasteiger partial charge in [-0.1, -0.05) is 25.0 Å². The monoisotopic (exact) mass is 312 g/mol. The standard InChI is InChI=1S/C19H24N2O2/c1-13-5-4-8-15(9-13)21-16-11-17(19(21)23)20(12-16)18(22)10-14-6-2-3-7-14/h4-5,8-9,14,16-17H,2-3,6-7,10-12H2,1H3/t16-,17-/m0/s1. The predicted octanol–water partition coefficient (Wildman–Crippen LogP) is 2.89. The first-order valence-corrected chi connectivity index (χ1v) is 8.82. The molecule has 3 fully saturated rings. The highest BCUT2D eigenvalue weighted by molar-refractivity contribution is 6.03. The molecule has 0 spiro atoms. The van der Waals surface area contributed by atoms with Crippen molar-refractivity contribution in [2.24, 2.45) is 5.92 Å². The fourth-order valence-corrected chi connectivity index (χ4v) is 4.55. The van der Waals surface area contributed by atoms with E-state index in [2.05, 4.69) is 6.07 Å². The number of likely N-dealkylation sites (tertiary alicyclic amines) is 1. The average Bonchev–Trinajstić information content (AvgIpc) is 3.22. The lowest BCUT2D eigenvalue weighted by Crippen LogP contribution is -2.52. The van der Waals surface area contributed by atoms with Gasteiger partial charge in [0, 0.05) is 18.7 Å². The summed E-state index contributed by atoms with van der Waals surface area (Å²) in [5, 5.41) is 0. The Morgan fingerprint density at radius 1 is 1.26 bits per heavy atom. The van der Waals surface area contributed by atoms with Gasteiger partial charge in [-0.2, -0.15) is 0 Å². The maximum Gasteiger partial charge on any atom is 0.250 e. The Morgan fingerprint density at radius 3 is 2.74 bits per heavy atom. The number of hydrogen-bond acceptors (Lipinski definition) is 2. The molecule has 4 rings (SSSR count). The van der Waals surface area contributed by atoms with E-state index in [0.29, 0.717) is 18.9 Å². The first kappa shape index (κ1) is 14.7. The van der Waals surface area contributed by atoms with Crippen LogP contribution in [0.15, 0.2) is 24.3 Å². The number of hydrogen-bond donors (Lipinski definition) is 0. The fourth-order valence-electron chi connectivity index (χ4n) is 4.55. The Bertz CT molecular complexity index is 636. The first-order chi connectivity index (χ1) is 11.1. The Balaban J connectivity index is 1.47. The summed E-state index contributed by atoms with van der Waals surface area (Å²) in [6.45, 7) is 2.75. The number of fused-ring (bicyclic) bond motifs is 2. The summed E-state index contributed by atoms with van der Waals surface area (Å²) in [7, 11) is 0. The van der Waals surface area contributed by atoms with E-state index in [4.69, 9.17) is 0 Å². The third-order valence-electron chi connectivity index (χ3n) is 5.70. The highest BCUT2D eigenvalue weighted by Crippen LogP contribution is 2.37. The molecule has 23 heavy (non-hydrogen) atoms. The third-order valence-corrected chi connectivity index (χ3v) is 5.70. The van der Waals surface area contributed by atoms with Crippen LogP contribution in [0.25, 0.3) is 0 Å². The molecule has 2 saturated heterocycles. The minimum Gasteiger partial charge on any atom is -0.328 e. The number of anilines is 1. The van der Waals surface area contributed by atoms with E-state index in [1.54, 1.807) is 0 Å². The Kier molecular flexibility index (Phi) is 3.63. The summed E-state index contributed by atoms with van der Waals surface area (Å²) in [5.41, 5.74) is 2.14. The van der Waals surface area contributed by atoms with Crippen molar-refractivity contribution in [3.05, 3.63) is 29.8 Å². The molecule has 4 heteroatoms. The fraction of sp³-hybridized carbons (Fsp3) is 0.579. The number of aryl methyl sites for hydroxylation is 1. The van der Waals surface area contributed by atoms with E-state index < -0.39 is 0 Å². The van der Waals surface area contributed by atoms with Gasteiger partial charge in [0.15, 0.2) is 0 Å². The number of rotatable bonds is 3. The largest absolute Gasteiger partial charge is 0.328 e. The van der Waals surface area contributed by atoms with Crippen LogP contribution in [-0.2, 0) is 9.59 Å². The summed E-state index contributed by atoms with van der Waals surface area (Å²) in [4.78, 5) is 29.1. The van der Waals surface area contributed by atoms with Crippen LogP contribution >= 0.6 is 0 Å². The summed E-state index contributed by atoms with van der Waals surface area (Å²) < 4.78 is 0. The predicted molar refractivity (Wildman–Crippen MR) is 89.1 cm³/mol. The molecule has 2 bridgehead atoms. The first-order valence-electron chi connectivity index (χ1n) is 8.82. The lowest BCUT2D eigenvalue weighted by molar-refractivity contribution is -0.139. The van der Waals surface area contributed by atoms with Crippen molar-refractivity contribution in [1.29, 1.82) is 0 Å². The Labute approximate surface area is 137 Å². The second-order valence-corrected chi connectivity index (χ2v) is 7.35. The molecule has 1 aromatic rings. The maximum atomic E-state index is 12.8. The van der Waals surface area contributed by atoms with Crippen molar-refractivity contribution in [3.63, 3.8) is 0 Å². The van der Waals surface area contributed by atoms with Gasteiger partial charge in [0.1, 0.15) is 6.04 Å². The van der Waals surface area contributed by atoms with Crippen molar-refractivity contribution in [2.75, 3.05) is 11.4 Å². The van der Waals surface area contributed by atoms with Crippen molar-refractivity contribution in [1.82, 2.24) is 4.90 Å². The summed E-state index contributed by atoms with van der Waals surface area (Å²) in [6, 6.07) is 8.02. The molecule has 2 aliphatic heterocycles. The molecular formula is C19H24N2O2. The molecule has 2 amide bonds. The molecule has 1 saturated carbocycles. The van der Waals surface area contributed by atoms with Gasteiger partial charge in [0.05, 0.1) is 6.04 Å². The molecule has 0 N–H and O–H groups in total. The SMILES string of the molecule is Cc1cccc(N2C(=O)[C@@H]3C[C@H]2CN3C(=O)CC2CCCC2)c1. The summed E-state index contributed by atoms with van der Waals surface area (Å²) >= 11 is 0. The molecule has 0 radical (unpaired) electrons. The topological polar surface area (TPSA) is 40.6 Å². The zero-order valence-electron chi connectivity index (χ0n) is 13.7. The highest BCUT2D eigenvalue weighted by Gasteiger charge is 2.51. The third kappa shape index (κ3) is 2.54. The zero-order chi connectivity index (χ0) is 16.0. The summed E-state index contributed by atoms with van der Waals surface area (Å²) in [6.07, 6.45) is 6.30. The van der Waals surface area contributed by atoms with E-state index >= 15 is 0 Å². The van der Waals surface area contributed by atoms with Crippen LogP contribution in [0.5, 0.6) is 0 Å². The second-order valence-electron chi connectivity index (χ2n) is 7.35. The van der Waals surface area contributed by atoms with E-state index in [9.17, 15) is 9.59 Å². The van der Waals surface area contributed by atoms with Crippen LogP contribution in [0.2, 0.25) is 0 Å². The quantitative estimate of drug-likeness (QED) is 0.861. The molecule has 2 heterocycles. The van der Waals surface area contributed by atoms with E-state index in [1.165, 1.54) is 25.7 Å². The molecule has 4 nitrogen and oxygen atoms in total. The van der Waals surface area contributed by atoms with Crippen molar-refractivity contribution in [2.45, 2.75) is 57.5 Å². The number of benzene rings is 1. The van der Waals surface area contributed by atoms with Crippen LogP contribution in [0.3, 0.4) is 0 Å². The minimum absolute atomic E-state index is 0.103. The zero-order valence-corrected chi connectivity index (χ0v) is 13.7. The van der Waals surface area contributed by atoms with Gasteiger partial charge < -0.3 is 9.80 Å². The smallest absolute Gasteiger partial charge is 0.250 e.